The summed E-state index contributed by atoms with van der Waals surface area (Å²) in [6.45, 7) is 3.68. The molecule has 0 N–H and O–H groups in total. The van der Waals surface area contributed by atoms with Crippen molar-refractivity contribution in [3.63, 3.8) is 0 Å². The number of rotatable bonds is 10. The summed E-state index contributed by atoms with van der Waals surface area (Å²) in [4.78, 5) is 28.5. The van der Waals surface area contributed by atoms with E-state index in [1.807, 2.05) is 43.3 Å². The fraction of sp³-hybridized carbons (Fsp3) is 0.353. The van der Waals surface area contributed by atoms with E-state index in [1.165, 1.54) is 4.31 Å². The van der Waals surface area contributed by atoms with Gasteiger partial charge in [0, 0.05) is 5.56 Å². The van der Waals surface area contributed by atoms with Gasteiger partial charge >= 0.3 is 5.97 Å². The maximum absolute atomic E-state index is 14.6. The maximum Gasteiger partial charge on any atom is 0.326 e. The first-order valence-electron chi connectivity index (χ1n) is 14.4. The van der Waals surface area contributed by atoms with Crippen molar-refractivity contribution in [1.29, 1.82) is 0 Å². The van der Waals surface area contributed by atoms with Crippen LogP contribution in [-0.2, 0) is 26.1 Å². The molecule has 214 valence electrons. The van der Waals surface area contributed by atoms with Gasteiger partial charge < -0.3 is 4.74 Å². The molecule has 5 rings (SSSR count). The van der Waals surface area contributed by atoms with Crippen LogP contribution in [-0.4, -0.2) is 31.1 Å². The molecule has 0 heterocycles. The first-order chi connectivity index (χ1) is 19.8. The average Bonchev–Trinajstić information content (AvgIpc) is 2.98. The number of carbonyl (C=O) groups is 2. The molecule has 3 aromatic carbocycles. The molecule has 41 heavy (non-hydrogen) atoms. The lowest BCUT2D eigenvalue weighted by Gasteiger charge is -2.49. The summed E-state index contributed by atoms with van der Waals surface area (Å²) in [5.41, 5.74) is 1.46. The third-order valence-corrected chi connectivity index (χ3v) is 10.1. The zero-order valence-corrected chi connectivity index (χ0v) is 24.5. The van der Waals surface area contributed by atoms with Crippen LogP contribution in [0.4, 0.5) is 0 Å². The molecule has 6 nitrogen and oxygen atoms in total. The summed E-state index contributed by atoms with van der Waals surface area (Å²) >= 11 is 0. The molecule has 2 aliphatic rings. The molecule has 0 radical (unpaired) electrons. The van der Waals surface area contributed by atoms with E-state index in [0.29, 0.717) is 5.56 Å². The number of hydrogen-bond donors (Lipinski definition) is 0. The number of ketones is 1. The monoisotopic (exact) mass is 571 g/mol. The predicted octanol–water partition coefficient (Wildman–Crippen LogP) is 6.86. The van der Waals surface area contributed by atoms with Crippen molar-refractivity contribution in [3.8, 4) is 0 Å². The summed E-state index contributed by atoms with van der Waals surface area (Å²) in [5.74, 6) is -1.01. The molecule has 0 aromatic heterocycles. The normalized spacial score (nSPS) is 19.4. The highest BCUT2D eigenvalue weighted by atomic mass is 32.2. The number of sulfonamides is 1. The summed E-state index contributed by atoms with van der Waals surface area (Å²) in [6, 6.07) is 24.7. The van der Waals surface area contributed by atoms with Crippen molar-refractivity contribution in [1.82, 2.24) is 4.31 Å². The molecule has 7 heteroatoms. The number of hydrogen-bond acceptors (Lipinski definition) is 5. The molecule has 1 atom stereocenters. The molecule has 0 aliphatic heterocycles. The van der Waals surface area contributed by atoms with Crippen LogP contribution < -0.4 is 0 Å². The van der Waals surface area contributed by atoms with Gasteiger partial charge in [0.05, 0.1) is 23.7 Å². The number of carbonyl (C=O) groups excluding carboxylic acids is 2. The van der Waals surface area contributed by atoms with Crippen LogP contribution in [0.25, 0.3) is 0 Å². The van der Waals surface area contributed by atoms with Gasteiger partial charge in [-0.15, -0.1) is 0 Å². The Morgan fingerprint density at radius 3 is 2.10 bits per heavy atom. The Balaban J connectivity index is 1.76. The Morgan fingerprint density at radius 2 is 1.49 bits per heavy atom. The molecule has 0 amide bonds. The molecule has 1 saturated carbocycles. The Hall–Kier alpha value is -3.71. The second kappa shape index (κ2) is 12.0. The second-order valence-electron chi connectivity index (χ2n) is 11.0. The van der Waals surface area contributed by atoms with Crippen LogP contribution in [0.5, 0.6) is 0 Å². The standard InChI is InChI=1S/C34H37NO5S/c1-3-40-33(37)34(32(36)28-17-11-6-12-18-28)23-30(27-15-9-5-10-16-27)31(34)35(24-26-13-7-4-8-14-26)41(38,39)29-21-19-25(2)20-22-29/h4,6-8,11-14,17-22,27H,3,5,9-10,15-16,23-24H2,1-2H3. The van der Waals surface area contributed by atoms with Gasteiger partial charge in [0.2, 0.25) is 0 Å². The molecule has 1 unspecified atom stereocenters. The van der Waals surface area contributed by atoms with Gasteiger partial charge in [-0.2, -0.15) is 0 Å². The van der Waals surface area contributed by atoms with Crippen molar-refractivity contribution in [3.05, 3.63) is 113 Å². The number of Topliss-reactive ketones (excluding diaryl/α,β-unsaturated/α-hetero) is 1. The maximum atomic E-state index is 14.6. The van der Waals surface area contributed by atoms with Crippen molar-refractivity contribution >= 4 is 21.8 Å². The predicted molar refractivity (Wildman–Crippen MR) is 158 cm³/mol. The molecule has 2 aliphatic carbocycles. The summed E-state index contributed by atoms with van der Waals surface area (Å²) < 4.78 is 36.0. The number of ether oxygens (including phenoxy) is 1. The van der Waals surface area contributed by atoms with Crippen molar-refractivity contribution < 1.29 is 22.7 Å². The Kier molecular flexibility index (Phi) is 8.45. The smallest absolute Gasteiger partial charge is 0.326 e. The minimum absolute atomic E-state index is 0.00811. The zero-order valence-electron chi connectivity index (χ0n) is 23.7. The van der Waals surface area contributed by atoms with Gasteiger partial charge in [0.15, 0.2) is 11.2 Å². The van der Waals surface area contributed by atoms with Crippen LogP contribution in [0.15, 0.2) is 101 Å². The minimum Gasteiger partial charge on any atom is -0.465 e. The van der Waals surface area contributed by atoms with Crippen LogP contribution in [0.1, 0.15) is 66.9 Å². The van der Waals surface area contributed by atoms with Crippen molar-refractivity contribution in [2.75, 3.05) is 6.61 Å². The van der Waals surface area contributed by atoms with E-state index < -0.39 is 27.2 Å². The second-order valence-corrected chi connectivity index (χ2v) is 12.9. The molecule has 0 bridgehead atoms. The van der Waals surface area contributed by atoms with E-state index in [1.54, 1.807) is 55.5 Å². The van der Waals surface area contributed by atoms with Gasteiger partial charge in [-0.1, -0.05) is 97.6 Å². The number of benzene rings is 3. The zero-order chi connectivity index (χ0) is 29.0. The molecular weight excluding hydrogens is 534 g/mol. The molecule has 0 saturated heterocycles. The van der Waals surface area contributed by atoms with Crippen molar-refractivity contribution in [2.24, 2.45) is 11.3 Å². The molecular formula is C34H37NO5S. The quantitative estimate of drug-likeness (QED) is 0.151. The van der Waals surface area contributed by atoms with Crippen molar-refractivity contribution in [2.45, 2.75) is 63.8 Å². The Labute approximate surface area is 243 Å². The lowest BCUT2D eigenvalue weighted by atomic mass is 9.59. The highest BCUT2D eigenvalue weighted by Gasteiger charge is 2.62. The Bertz CT molecular complexity index is 1520. The number of aryl methyl sites for hydroxylation is 1. The van der Waals surface area contributed by atoms with Crippen LogP contribution >= 0.6 is 0 Å². The van der Waals surface area contributed by atoms with E-state index in [4.69, 9.17) is 4.74 Å². The van der Waals surface area contributed by atoms with E-state index in [2.05, 4.69) is 0 Å². The van der Waals surface area contributed by atoms with Crippen LogP contribution in [0.2, 0.25) is 0 Å². The van der Waals surface area contributed by atoms with Gasteiger partial charge in [-0.05, 0) is 62.3 Å². The minimum atomic E-state index is -4.17. The van der Waals surface area contributed by atoms with Crippen LogP contribution in [0.3, 0.4) is 0 Å². The number of esters is 1. The summed E-state index contributed by atoms with van der Waals surface area (Å²) in [6.07, 6.45) is 5.16. The van der Waals surface area contributed by atoms with E-state index in [9.17, 15) is 18.0 Å². The highest BCUT2D eigenvalue weighted by Crippen LogP contribution is 2.57. The SMILES string of the molecule is CCOC(=O)C1(C(=O)c2ccccc2)CC(C2CCCCC2)=C1N(Cc1ccccc1)S(=O)(=O)c1ccc(C)cc1. The van der Waals surface area contributed by atoms with E-state index >= 15 is 0 Å². The lowest BCUT2D eigenvalue weighted by molar-refractivity contribution is -0.152. The topological polar surface area (TPSA) is 80.8 Å². The molecule has 1 fully saturated rings. The third-order valence-electron chi connectivity index (χ3n) is 8.34. The summed E-state index contributed by atoms with van der Waals surface area (Å²) in [5, 5.41) is 0. The van der Waals surface area contributed by atoms with E-state index in [0.717, 1.165) is 48.8 Å². The fourth-order valence-corrected chi connectivity index (χ4v) is 7.76. The number of allylic oxidation sites excluding steroid dienone is 1. The first kappa shape index (κ1) is 28.8. The fourth-order valence-electron chi connectivity index (χ4n) is 6.19. The van der Waals surface area contributed by atoms with Gasteiger partial charge in [0.1, 0.15) is 0 Å². The van der Waals surface area contributed by atoms with Gasteiger partial charge in [-0.3, -0.25) is 13.9 Å². The summed E-state index contributed by atoms with van der Waals surface area (Å²) in [7, 11) is -4.17. The highest BCUT2D eigenvalue weighted by molar-refractivity contribution is 7.89. The van der Waals surface area contributed by atoms with Crippen LogP contribution in [0, 0.1) is 18.3 Å². The lowest BCUT2D eigenvalue weighted by Crippen LogP contribution is -2.56. The number of nitrogens with zero attached hydrogens (tertiary/aromatic N) is 1. The first-order valence-corrected chi connectivity index (χ1v) is 15.9. The molecule has 3 aromatic rings. The van der Waals surface area contributed by atoms with Gasteiger partial charge in [0.25, 0.3) is 10.0 Å². The van der Waals surface area contributed by atoms with Gasteiger partial charge in [-0.25, -0.2) is 8.42 Å². The average molecular weight is 572 g/mol. The Morgan fingerprint density at radius 1 is 0.878 bits per heavy atom. The third kappa shape index (κ3) is 5.47. The largest absolute Gasteiger partial charge is 0.465 e. The molecule has 0 spiro atoms. The van der Waals surface area contributed by atoms with E-state index in [-0.39, 0.29) is 36.1 Å².